The summed E-state index contributed by atoms with van der Waals surface area (Å²) < 4.78 is 0. The van der Waals surface area contributed by atoms with E-state index in [1.54, 1.807) is 4.90 Å². The number of nitrogens with zero attached hydrogens (tertiary/aromatic N) is 2. The van der Waals surface area contributed by atoms with Gasteiger partial charge in [0.05, 0.1) is 5.69 Å². The molecule has 1 aliphatic heterocycles. The molecule has 1 aliphatic rings. The Balaban J connectivity index is 1.77. The Labute approximate surface area is 183 Å². The fraction of sp³-hybridized carbons (Fsp3) is 0.375. The second-order valence-electron chi connectivity index (χ2n) is 8.25. The van der Waals surface area contributed by atoms with E-state index in [9.17, 15) is 9.59 Å². The summed E-state index contributed by atoms with van der Waals surface area (Å²) >= 11 is 1.38. The number of hydrogen-bond donors (Lipinski definition) is 1. The summed E-state index contributed by atoms with van der Waals surface area (Å²) in [6, 6.07) is 13.8. The van der Waals surface area contributed by atoms with Crippen molar-refractivity contribution in [2.75, 3.05) is 11.9 Å². The summed E-state index contributed by atoms with van der Waals surface area (Å²) in [6.45, 7) is 10.7. The lowest BCUT2D eigenvalue weighted by molar-refractivity contribution is -0.128. The minimum absolute atomic E-state index is 0.0452. The first-order valence-corrected chi connectivity index (χ1v) is 11.1. The van der Waals surface area contributed by atoms with Crippen LogP contribution in [0.1, 0.15) is 37.0 Å². The fourth-order valence-corrected chi connectivity index (χ4v) is 4.47. The third kappa shape index (κ3) is 5.51. The maximum Gasteiger partial charge on any atom is 0.242 e. The monoisotopic (exact) mass is 423 g/mol. The van der Waals surface area contributed by atoms with E-state index in [1.807, 2.05) is 63.2 Å². The molecule has 2 amide bonds. The largest absolute Gasteiger partial charge is 0.326 e. The first-order valence-electron chi connectivity index (χ1n) is 10.2. The van der Waals surface area contributed by atoms with E-state index < -0.39 is 5.25 Å². The zero-order valence-electron chi connectivity index (χ0n) is 18.2. The molecule has 158 valence electrons. The van der Waals surface area contributed by atoms with Crippen molar-refractivity contribution in [3.63, 3.8) is 0 Å². The number of aryl methyl sites for hydroxylation is 3. The smallest absolute Gasteiger partial charge is 0.242 e. The molecule has 1 heterocycles. The van der Waals surface area contributed by atoms with Crippen molar-refractivity contribution in [2.45, 2.75) is 46.3 Å². The Morgan fingerprint density at radius 3 is 2.57 bits per heavy atom. The molecule has 2 aromatic rings. The van der Waals surface area contributed by atoms with E-state index in [1.165, 1.54) is 11.8 Å². The van der Waals surface area contributed by atoms with Crippen LogP contribution in [0.5, 0.6) is 0 Å². The number of benzene rings is 2. The number of amidine groups is 1. The molecule has 0 spiro atoms. The van der Waals surface area contributed by atoms with Gasteiger partial charge in [-0.15, -0.1) is 0 Å². The van der Waals surface area contributed by atoms with Crippen LogP contribution in [-0.4, -0.2) is 33.7 Å². The normalized spacial score (nSPS) is 17.8. The van der Waals surface area contributed by atoms with Crippen molar-refractivity contribution < 1.29 is 9.59 Å². The number of nitrogens with one attached hydrogen (secondary N) is 1. The van der Waals surface area contributed by atoms with Crippen LogP contribution >= 0.6 is 11.8 Å². The number of thioether (sulfide) groups is 1. The first kappa shape index (κ1) is 22.1. The van der Waals surface area contributed by atoms with Gasteiger partial charge in [0, 0.05) is 18.7 Å². The molecule has 1 N–H and O–H groups in total. The highest BCUT2D eigenvalue weighted by molar-refractivity contribution is 8.15. The van der Waals surface area contributed by atoms with Crippen LogP contribution in [0.4, 0.5) is 11.4 Å². The summed E-state index contributed by atoms with van der Waals surface area (Å²) in [6.07, 6.45) is 0.123. The van der Waals surface area contributed by atoms with Gasteiger partial charge in [0.2, 0.25) is 11.8 Å². The molecule has 0 radical (unpaired) electrons. The molecular weight excluding hydrogens is 394 g/mol. The Morgan fingerprint density at radius 1 is 1.13 bits per heavy atom. The number of anilines is 1. The van der Waals surface area contributed by atoms with Gasteiger partial charge in [0.1, 0.15) is 5.25 Å². The molecule has 0 bridgehead atoms. The highest BCUT2D eigenvalue weighted by Gasteiger charge is 2.39. The molecule has 0 unspecified atom stereocenters. The molecular formula is C24H29N3O2S. The molecule has 5 nitrogen and oxygen atoms in total. The quantitative estimate of drug-likeness (QED) is 0.692. The van der Waals surface area contributed by atoms with Crippen LogP contribution in [0.15, 0.2) is 47.5 Å². The van der Waals surface area contributed by atoms with Crippen molar-refractivity contribution >= 4 is 40.1 Å². The van der Waals surface area contributed by atoms with E-state index in [0.717, 1.165) is 28.1 Å². The van der Waals surface area contributed by atoms with Crippen molar-refractivity contribution in [3.05, 3.63) is 59.2 Å². The highest BCUT2D eigenvalue weighted by atomic mass is 32.2. The van der Waals surface area contributed by atoms with Gasteiger partial charge in [0.15, 0.2) is 5.17 Å². The van der Waals surface area contributed by atoms with Crippen LogP contribution in [0.2, 0.25) is 0 Å². The van der Waals surface area contributed by atoms with E-state index >= 15 is 0 Å². The highest BCUT2D eigenvalue weighted by Crippen LogP contribution is 2.32. The molecule has 30 heavy (non-hydrogen) atoms. The van der Waals surface area contributed by atoms with Crippen LogP contribution < -0.4 is 5.32 Å². The molecule has 1 atom stereocenters. The Morgan fingerprint density at radius 2 is 1.87 bits per heavy atom. The molecule has 2 aromatic carbocycles. The molecule has 6 heteroatoms. The summed E-state index contributed by atoms with van der Waals surface area (Å²) in [7, 11) is 0. The first-order chi connectivity index (χ1) is 14.2. The van der Waals surface area contributed by atoms with Crippen LogP contribution in [0, 0.1) is 26.7 Å². The number of aliphatic imine (C=N–C) groups is 1. The van der Waals surface area contributed by atoms with Gasteiger partial charge in [-0.1, -0.05) is 49.9 Å². The second-order valence-corrected chi connectivity index (χ2v) is 9.42. The lowest BCUT2D eigenvalue weighted by Crippen LogP contribution is -2.36. The van der Waals surface area contributed by atoms with Crippen LogP contribution in [0.25, 0.3) is 0 Å². The average molecular weight is 424 g/mol. The Hall–Kier alpha value is -2.60. The molecule has 3 rings (SSSR count). The topological polar surface area (TPSA) is 61.8 Å². The van der Waals surface area contributed by atoms with E-state index in [2.05, 4.69) is 19.2 Å². The predicted molar refractivity (Wildman–Crippen MR) is 125 cm³/mol. The second kappa shape index (κ2) is 9.47. The number of hydrogen-bond acceptors (Lipinski definition) is 4. The van der Waals surface area contributed by atoms with E-state index in [-0.39, 0.29) is 18.2 Å². The van der Waals surface area contributed by atoms with Gasteiger partial charge in [-0.2, -0.15) is 0 Å². The predicted octanol–water partition coefficient (Wildman–Crippen LogP) is 5.23. The molecule has 0 saturated carbocycles. The SMILES string of the molecule is Cc1cccc(N=C2S[C@@H](CC(=O)Nc3cc(C)ccc3C)C(=O)N2CC(C)C)c1. The summed E-state index contributed by atoms with van der Waals surface area (Å²) in [5.41, 5.74) is 4.81. The van der Waals surface area contributed by atoms with Gasteiger partial charge in [-0.05, 0) is 61.6 Å². The van der Waals surface area contributed by atoms with E-state index in [4.69, 9.17) is 4.99 Å². The average Bonchev–Trinajstić information content (AvgIpc) is 2.93. The minimum Gasteiger partial charge on any atom is -0.326 e. The molecule has 1 fully saturated rings. The van der Waals surface area contributed by atoms with Crippen LogP contribution in [0.3, 0.4) is 0 Å². The maximum atomic E-state index is 13.1. The number of rotatable bonds is 6. The number of carbonyl (C=O) groups excluding carboxylic acids is 2. The molecule has 0 aromatic heterocycles. The zero-order chi connectivity index (χ0) is 21.8. The molecule has 0 aliphatic carbocycles. The lowest BCUT2D eigenvalue weighted by atomic mass is 10.1. The zero-order valence-corrected chi connectivity index (χ0v) is 19.0. The summed E-state index contributed by atoms with van der Waals surface area (Å²) in [5.74, 6) is 0.104. The fourth-order valence-electron chi connectivity index (χ4n) is 3.31. The Bertz CT molecular complexity index is 984. The Kier molecular flexibility index (Phi) is 6.98. The lowest BCUT2D eigenvalue weighted by Gasteiger charge is -2.18. The van der Waals surface area contributed by atoms with Crippen LogP contribution in [-0.2, 0) is 9.59 Å². The maximum absolute atomic E-state index is 13.1. The minimum atomic E-state index is -0.461. The van der Waals surface area contributed by atoms with Gasteiger partial charge < -0.3 is 5.32 Å². The van der Waals surface area contributed by atoms with Gasteiger partial charge in [-0.3, -0.25) is 14.5 Å². The van der Waals surface area contributed by atoms with Gasteiger partial charge in [0.25, 0.3) is 0 Å². The number of amides is 2. The standard InChI is InChI=1S/C24H29N3O2S/c1-15(2)14-27-23(29)21(30-24(27)25-19-8-6-7-16(3)11-19)13-22(28)26-20-12-17(4)9-10-18(20)5/h6-12,15,21H,13-14H2,1-5H3,(H,26,28)/t21-/m0/s1. The van der Waals surface area contributed by atoms with Gasteiger partial charge >= 0.3 is 0 Å². The third-order valence-corrected chi connectivity index (χ3v) is 6.01. The van der Waals surface area contributed by atoms with Crippen molar-refractivity contribution in [3.8, 4) is 0 Å². The van der Waals surface area contributed by atoms with Crippen molar-refractivity contribution in [2.24, 2.45) is 10.9 Å². The van der Waals surface area contributed by atoms with Gasteiger partial charge in [-0.25, -0.2) is 4.99 Å². The number of carbonyl (C=O) groups is 2. The van der Waals surface area contributed by atoms with Crippen molar-refractivity contribution in [1.29, 1.82) is 0 Å². The van der Waals surface area contributed by atoms with Crippen molar-refractivity contribution in [1.82, 2.24) is 4.90 Å². The molecule has 1 saturated heterocycles. The summed E-state index contributed by atoms with van der Waals surface area (Å²) in [5, 5.41) is 3.17. The third-order valence-electron chi connectivity index (χ3n) is 4.83. The summed E-state index contributed by atoms with van der Waals surface area (Å²) in [4.78, 5) is 32.2. The van der Waals surface area contributed by atoms with E-state index in [0.29, 0.717) is 17.6 Å².